The van der Waals surface area contributed by atoms with Gasteiger partial charge in [-0.25, -0.2) is 4.98 Å². The molecule has 0 atom stereocenters. The van der Waals surface area contributed by atoms with E-state index < -0.39 is 0 Å². The highest BCUT2D eigenvalue weighted by molar-refractivity contribution is 5.21. The molecular weight excluding hydrogens is 186 g/mol. The molecule has 3 nitrogen and oxygen atoms in total. The first-order valence-electron chi connectivity index (χ1n) is 5.63. The van der Waals surface area contributed by atoms with Crippen LogP contribution in [0, 0.1) is 18.3 Å². The van der Waals surface area contributed by atoms with Crippen molar-refractivity contribution in [1.29, 1.82) is 5.26 Å². The Morgan fingerprint density at radius 1 is 1.47 bits per heavy atom. The minimum absolute atomic E-state index is 0.474. The molecule has 0 aromatic carbocycles. The van der Waals surface area contributed by atoms with Gasteiger partial charge >= 0.3 is 0 Å². The molecule has 0 radical (unpaired) electrons. The van der Waals surface area contributed by atoms with E-state index in [1.165, 1.54) is 31.5 Å². The van der Waals surface area contributed by atoms with E-state index in [-0.39, 0.29) is 0 Å². The quantitative estimate of drug-likeness (QED) is 0.740. The summed E-state index contributed by atoms with van der Waals surface area (Å²) in [5, 5.41) is 8.75. The predicted molar refractivity (Wildman–Crippen MR) is 58.5 cm³/mol. The fourth-order valence-electron chi connectivity index (χ4n) is 2.56. The van der Waals surface area contributed by atoms with Crippen LogP contribution in [0.3, 0.4) is 0 Å². The highest BCUT2D eigenvalue weighted by Crippen LogP contribution is 2.33. The lowest BCUT2D eigenvalue weighted by Crippen LogP contribution is -2.05. The highest BCUT2D eigenvalue weighted by atomic mass is 15.1. The molecule has 1 aromatic heterocycles. The summed E-state index contributed by atoms with van der Waals surface area (Å²) < 4.78 is 2.13. The molecule has 0 bridgehead atoms. The third kappa shape index (κ3) is 1.77. The maximum atomic E-state index is 8.75. The molecule has 0 amide bonds. The van der Waals surface area contributed by atoms with Crippen LogP contribution in [0.4, 0.5) is 0 Å². The number of nitriles is 1. The Morgan fingerprint density at radius 3 is 2.73 bits per heavy atom. The molecule has 0 saturated heterocycles. The molecule has 1 aliphatic carbocycles. The van der Waals surface area contributed by atoms with Gasteiger partial charge in [0.25, 0.3) is 0 Å². The van der Waals surface area contributed by atoms with Gasteiger partial charge in [-0.3, -0.25) is 0 Å². The molecular formula is C12H17N3. The molecule has 1 aromatic rings. The molecule has 0 spiro atoms. The SMILES string of the molecule is Cc1nc(C2CCCC2)n(C)c1CC#N. The number of aromatic nitrogens is 2. The van der Waals surface area contributed by atoms with E-state index in [2.05, 4.69) is 15.6 Å². The van der Waals surface area contributed by atoms with E-state index >= 15 is 0 Å². The second-order valence-electron chi connectivity index (χ2n) is 4.38. The van der Waals surface area contributed by atoms with Crippen molar-refractivity contribution in [2.45, 2.75) is 44.9 Å². The second-order valence-corrected chi connectivity index (χ2v) is 4.38. The van der Waals surface area contributed by atoms with E-state index in [9.17, 15) is 0 Å². The van der Waals surface area contributed by atoms with Crippen LogP contribution in [0.2, 0.25) is 0 Å². The van der Waals surface area contributed by atoms with Gasteiger partial charge in [0.2, 0.25) is 0 Å². The molecule has 80 valence electrons. The number of hydrogen-bond acceptors (Lipinski definition) is 2. The summed E-state index contributed by atoms with van der Waals surface area (Å²) in [4.78, 5) is 4.62. The third-order valence-electron chi connectivity index (χ3n) is 3.42. The zero-order valence-electron chi connectivity index (χ0n) is 9.45. The van der Waals surface area contributed by atoms with Crippen molar-refractivity contribution >= 4 is 0 Å². The van der Waals surface area contributed by atoms with E-state index in [1.807, 2.05) is 14.0 Å². The summed E-state index contributed by atoms with van der Waals surface area (Å²) >= 11 is 0. The average Bonchev–Trinajstić information content (AvgIpc) is 2.81. The number of hydrogen-bond donors (Lipinski definition) is 0. The Labute approximate surface area is 90.7 Å². The molecule has 1 fully saturated rings. The van der Waals surface area contributed by atoms with Crippen LogP contribution in [0.25, 0.3) is 0 Å². The lowest BCUT2D eigenvalue weighted by Gasteiger charge is -2.09. The second kappa shape index (κ2) is 4.06. The number of imidazole rings is 1. The fraction of sp³-hybridized carbons (Fsp3) is 0.667. The van der Waals surface area contributed by atoms with Crippen molar-refractivity contribution < 1.29 is 0 Å². The van der Waals surface area contributed by atoms with E-state index in [0.29, 0.717) is 12.3 Å². The molecule has 3 heteroatoms. The van der Waals surface area contributed by atoms with Crippen LogP contribution in [0.15, 0.2) is 0 Å². The van der Waals surface area contributed by atoms with Crippen molar-refractivity contribution in [3.8, 4) is 6.07 Å². The maximum Gasteiger partial charge on any atom is 0.112 e. The minimum atomic E-state index is 0.474. The van der Waals surface area contributed by atoms with Gasteiger partial charge in [0.05, 0.1) is 23.9 Å². The first-order valence-corrected chi connectivity index (χ1v) is 5.63. The zero-order valence-corrected chi connectivity index (χ0v) is 9.45. The van der Waals surface area contributed by atoms with Crippen LogP contribution >= 0.6 is 0 Å². The maximum absolute atomic E-state index is 8.75. The minimum Gasteiger partial charge on any atom is -0.334 e. The Bertz CT molecular complexity index is 392. The predicted octanol–water partition coefficient (Wildman–Crippen LogP) is 2.45. The Morgan fingerprint density at radius 2 is 2.13 bits per heavy atom. The largest absolute Gasteiger partial charge is 0.334 e. The van der Waals surface area contributed by atoms with E-state index in [1.54, 1.807) is 0 Å². The summed E-state index contributed by atoms with van der Waals surface area (Å²) in [5.41, 5.74) is 2.11. The van der Waals surface area contributed by atoms with Gasteiger partial charge < -0.3 is 4.57 Å². The molecule has 2 rings (SSSR count). The molecule has 0 aliphatic heterocycles. The van der Waals surface area contributed by atoms with Gasteiger partial charge in [-0.15, -0.1) is 0 Å². The average molecular weight is 203 g/mol. The monoisotopic (exact) mass is 203 g/mol. The molecule has 1 saturated carbocycles. The van der Waals surface area contributed by atoms with Crippen LogP contribution in [0.1, 0.15) is 48.8 Å². The lowest BCUT2D eigenvalue weighted by molar-refractivity contribution is 0.625. The van der Waals surface area contributed by atoms with Gasteiger partial charge in [0.15, 0.2) is 0 Å². The number of nitrogens with zero attached hydrogens (tertiary/aromatic N) is 3. The smallest absolute Gasteiger partial charge is 0.112 e. The molecule has 1 aliphatic rings. The number of aryl methyl sites for hydroxylation is 1. The first kappa shape index (κ1) is 10.2. The van der Waals surface area contributed by atoms with Crippen LogP contribution in [-0.4, -0.2) is 9.55 Å². The van der Waals surface area contributed by atoms with Crippen molar-refractivity contribution in [3.63, 3.8) is 0 Å². The van der Waals surface area contributed by atoms with Gasteiger partial charge in [0, 0.05) is 13.0 Å². The van der Waals surface area contributed by atoms with Crippen LogP contribution in [0.5, 0.6) is 0 Å². The Hall–Kier alpha value is -1.30. The fourth-order valence-corrected chi connectivity index (χ4v) is 2.56. The lowest BCUT2D eigenvalue weighted by atomic mass is 10.1. The van der Waals surface area contributed by atoms with Gasteiger partial charge in [-0.2, -0.15) is 5.26 Å². The number of rotatable bonds is 2. The van der Waals surface area contributed by atoms with E-state index in [0.717, 1.165) is 11.4 Å². The van der Waals surface area contributed by atoms with Crippen molar-refractivity contribution in [2.75, 3.05) is 0 Å². The molecule has 15 heavy (non-hydrogen) atoms. The Balaban J connectivity index is 2.33. The highest BCUT2D eigenvalue weighted by Gasteiger charge is 2.23. The van der Waals surface area contributed by atoms with Gasteiger partial charge in [0.1, 0.15) is 5.82 Å². The van der Waals surface area contributed by atoms with E-state index in [4.69, 9.17) is 5.26 Å². The molecule has 1 heterocycles. The Kier molecular flexibility index (Phi) is 2.77. The normalized spacial score (nSPS) is 16.9. The van der Waals surface area contributed by atoms with Crippen molar-refractivity contribution in [2.24, 2.45) is 7.05 Å². The first-order chi connectivity index (χ1) is 7.24. The summed E-state index contributed by atoms with van der Waals surface area (Å²) in [6.07, 6.45) is 5.64. The zero-order chi connectivity index (χ0) is 10.8. The van der Waals surface area contributed by atoms with Crippen LogP contribution in [-0.2, 0) is 13.5 Å². The summed E-state index contributed by atoms with van der Waals surface area (Å²) in [6.45, 7) is 2.01. The van der Waals surface area contributed by atoms with Gasteiger partial charge in [-0.05, 0) is 19.8 Å². The summed E-state index contributed by atoms with van der Waals surface area (Å²) in [6, 6.07) is 2.21. The molecule has 0 N–H and O–H groups in total. The van der Waals surface area contributed by atoms with Gasteiger partial charge in [-0.1, -0.05) is 12.8 Å². The topological polar surface area (TPSA) is 41.6 Å². The summed E-state index contributed by atoms with van der Waals surface area (Å²) in [7, 11) is 2.04. The van der Waals surface area contributed by atoms with Crippen molar-refractivity contribution in [3.05, 3.63) is 17.2 Å². The van der Waals surface area contributed by atoms with Crippen LogP contribution < -0.4 is 0 Å². The standard InChI is InChI=1S/C12H17N3/c1-9-11(7-8-13)15(2)12(14-9)10-5-3-4-6-10/h10H,3-7H2,1-2H3. The molecule has 0 unspecified atom stereocenters. The third-order valence-corrected chi connectivity index (χ3v) is 3.42. The summed E-state index contributed by atoms with van der Waals surface area (Å²) in [5.74, 6) is 1.82. The van der Waals surface area contributed by atoms with Crippen molar-refractivity contribution in [1.82, 2.24) is 9.55 Å².